The standard InChI is InChI=1S/C23H17N3O5/c27-21(17-4-2-1-3-5-17)11-13-23(28)31-19-9-6-16(7-10-19)20-15-25-14-18(26(29)30)8-12-22(25)24-20/h1-10,12,14-15H,11,13H2. The van der Waals surface area contributed by atoms with Gasteiger partial charge in [-0.3, -0.25) is 24.1 Å². The average Bonchev–Trinajstić information content (AvgIpc) is 3.22. The first-order valence-corrected chi connectivity index (χ1v) is 9.52. The van der Waals surface area contributed by atoms with E-state index in [0.29, 0.717) is 22.7 Å². The van der Waals surface area contributed by atoms with Gasteiger partial charge >= 0.3 is 5.97 Å². The number of hydrogen-bond donors (Lipinski definition) is 0. The summed E-state index contributed by atoms with van der Waals surface area (Å²) in [5, 5.41) is 10.9. The molecular weight excluding hydrogens is 398 g/mol. The molecule has 0 spiro atoms. The Hall–Kier alpha value is -4.33. The lowest BCUT2D eigenvalue weighted by atomic mass is 10.1. The van der Waals surface area contributed by atoms with Crippen LogP contribution in [0.3, 0.4) is 0 Å². The van der Waals surface area contributed by atoms with Crippen molar-refractivity contribution in [3.05, 3.63) is 94.8 Å². The highest BCUT2D eigenvalue weighted by atomic mass is 16.6. The van der Waals surface area contributed by atoms with Crippen LogP contribution in [0.2, 0.25) is 0 Å². The lowest BCUT2D eigenvalue weighted by molar-refractivity contribution is -0.385. The van der Waals surface area contributed by atoms with Crippen LogP contribution >= 0.6 is 0 Å². The number of hydrogen-bond acceptors (Lipinski definition) is 6. The number of carbonyl (C=O) groups excluding carboxylic acids is 2. The van der Waals surface area contributed by atoms with Crippen molar-refractivity contribution in [2.75, 3.05) is 0 Å². The van der Waals surface area contributed by atoms with Crippen molar-refractivity contribution in [1.82, 2.24) is 9.38 Å². The van der Waals surface area contributed by atoms with Crippen LogP contribution in [0.4, 0.5) is 5.69 Å². The number of esters is 1. The monoisotopic (exact) mass is 415 g/mol. The first-order valence-electron chi connectivity index (χ1n) is 9.52. The first-order chi connectivity index (χ1) is 15.0. The third kappa shape index (κ3) is 4.64. The van der Waals surface area contributed by atoms with E-state index in [-0.39, 0.29) is 24.3 Å². The third-order valence-electron chi connectivity index (χ3n) is 4.68. The van der Waals surface area contributed by atoms with Crippen LogP contribution in [0.25, 0.3) is 16.9 Å². The Labute approximate surface area is 176 Å². The van der Waals surface area contributed by atoms with Gasteiger partial charge < -0.3 is 4.74 Å². The maximum Gasteiger partial charge on any atom is 0.311 e. The lowest BCUT2D eigenvalue weighted by Gasteiger charge is -2.05. The highest BCUT2D eigenvalue weighted by Gasteiger charge is 2.12. The molecule has 0 atom stereocenters. The second kappa shape index (κ2) is 8.58. The molecule has 0 amide bonds. The predicted octanol–water partition coefficient (Wildman–Crippen LogP) is 4.48. The van der Waals surface area contributed by atoms with Gasteiger partial charge in [0.15, 0.2) is 5.78 Å². The number of aromatic nitrogens is 2. The quantitative estimate of drug-likeness (QED) is 0.145. The van der Waals surface area contributed by atoms with Gasteiger partial charge in [-0.25, -0.2) is 4.98 Å². The number of Topliss-reactive ketones (excluding diaryl/α,β-unsaturated/α-hetero) is 1. The maximum atomic E-state index is 12.1. The number of fused-ring (bicyclic) bond motifs is 1. The summed E-state index contributed by atoms with van der Waals surface area (Å²) in [5.41, 5.74) is 2.53. The minimum atomic E-state index is -0.489. The molecule has 4 rings (SSSR count). The molecule has 4 aromatic rings. The Kier molecular flexibility index (Phi) is 5.53. The fourth-order valence-corrected chi connectivity index (χ4v) is 3.09. The molecule has 2 heterocycles. The molecule has 0 aliphatic carbocycles. The molecule has 0 N–H and O–H groups in total. The van der Waals surface area contributed by atoms with Gasteiger partial charge in [0, 0.05) is 29.8 Å². The molecule has 0 aliphatic rings. The molecular formula is C23H17N3O5. The number of nitro groups is 1. The molecule has 0 radical (unpaired) electrons. The zero-order valence-corrected chi connectivity index (χ0v) is 16.3. The molecule has 154 valence electrons. The molecule has 2 aromatic heterocycles. The Morgan fingerprint density at radius 1 is 0.935 bits per heavy atom. The minimum Gasteiger partial charge on any atom is -0.427 e. The summed E-state index contributed by atoms with van der Waals surface area (Å²) in [6.45, 7) is 0. The average molecular weight is 415 g/mol. The minimum absolute atomic E-state index is 0.0132. The van der Waals surface area contributed by atoms with Gasteiger partial charge in [0.1, 0.15) is 11.4 Å². The van der Waals surface area contributed by atoms with E-state index >= 15 is 0 Å². The molecule has 31 heavy (non-hydrogen) atoms. The summed E-state index contributed by atoms with van der Waals surface area (Å²) >= 11 is 0. The van der Waals surface area contributed by atoms with E-state index < -0.39 is 10.9 Å². The van der Waals surface area contributed by atoms with Crippen molar-refractivity contribution in [3.63, 3.8) is 0 Å². The van der Waals surface area contributed by atoms with Crippen LogP contribution in [0.15, 0.2) is 79.1 Å². The Morgan fingerprint density at radius 3 is 2.39 bits per heavy atom. The van der Waals surface area contributed by atoms with Crippen molar-refractivity contribution in [1.29, 1.82) is 0 Å². The summed E-state index contributed by atoms with van der Waals surface area (Å²) in [6, 6.07) is 18.5. The molecule has 0 saturated carbocycles. The topological polar surface area (TPSA) is 104 Å². The van der Waals surface area contributed by atoms with Crippen molar-refractivity contribution in [3.8, 4) is 17.0 Å². The highest BCUT2D eigenvalue weighted by molar-refractivity contribution is 5.97. The van der Waals surface area contributed by atoms with Crippen LogP contribution in [0, 0.1) is 10.1 Å². The normalized spacial score (nSPS) is 10.7. The summed E-state index contributed by atoms with van der Waals surface area (Å²) in [6.07, 6.45) is 3.16. The molecule has 0 bridgehead atoms. The molecule has 2 aromatic carbocycles. The van der Waals surface area contributed by atoms with Gasteiger partial charge in [0.2, 0.25) is 0 Å². The molecule has 0 unspecified atom stereocenters. The van der Waals surface area contributed by atoms with Crippen molar-refractivity contribution < 1.29 is 19.2 Å². The van der Waals surface area contributed by atoms with Gasteiger partial charge in [-0.2, -0.15) is 0 Å². The summed E-state index contributed by atoms with van der Waals surface area (Å²) in [4.78, 5) is 39.0. The van der Waals surface area contributed by atoms with Crippen molar-refractivity contribution >= 4 is 23.1 Å². The zero-order valence-electron chi connectivity index (χ0n) is 16.3. The predicted molar refractivity (Wildman–Crippen MR) is 113 cm³/mol. The van der Waals surface area contributed by atoms with E-state index in [9.17, 15) is 19.7 Å². The van der Waals surface area contributed by atoms with Gasteiger partial charge in [-0.15, -0.1) is 0 Å². The number of rotatable bonds is 7. The van der Waals surface area contributed by atoms with Gasteiger partial charge in [-0.1, -0.05) is 30.3 Å². The number of ether oxygens (including phenoxy) is 1. The Balaban J connectivity index is 1.39. The van der Waals surface area contributed by atoms with Gasteiger partial charge in [0.25, 0.3) is 5.69 Å². The van der Waals surface area contributed by atoms with Crippen LogP contribution in [-0.4, -0.2) is 26.1 Å². The second-order valence-electron chi connectivity index (χ2n) is 6.82. The first kappa shape index (κ1) is 20.0. The number of carbonyl (C=O) groups is 2. The fourth-order valence-electron chi connectivity index (χ4n) is 3.09. The lowest BCUT2D eigenvalue weighted by Crippen LogP contribution is -2.10. The molecule has 0 fully saturated rings. The highest BCUT2D eigenvalue weighted by Crippen LogP contribution is 2.24. The summed E-state index contributed by atoms with van der Waals surface area (Å²) in [5.74, 6) is -0.239. The van der Waals surface area contributed by atoms with E-state index in [0.717, 1.165) is 5.56 Å². The van der Waals surface area contributed by atoms with Crippen LogP contribution in [0.1, 0.15) is 23.2 Å². The third-order valence-corrected chi connectivity index (χ3v) is 4.68. The number of imidazole rings is 1. The number of benzene rings is 2. The van der Waals surface area contributed by atoms with Crippen molar-refractivity contribution in [2.45, 2.75) is 12.8 Å². The van der Waals surface area contributed by atoms with Crippen LogP contribution in [-0.2, 0) is 4.79 Å². The van der Waals surface area contributed by atoms with E-state index in [2.05, 4.69) is 4.98 Å². The Bertz CT molecular complexity index is 1260. The Morgan fingerprint density at radius 2 is 1.68 bits per heavy atom. The van der Waals surface area contributed by atoms with E-state index in [1.165, 1.54) is 12.3 Å². The SMILES string of the molecule is O=C(CCC(=O)c1ccccc1)Oc1ccc(-c2cn3cc([N+](=O)[O-])ccc3n2)cc1. The summed E-state index contributed by atoms with van der Waals surface area (Å²) < 4.78 is 6.89. The van der Waals surface area contributed by atoms with Crippen LogP contribution < -0.4 is 4.74 Å². The molecule has 8 heteroatoms. The van der Waals surface area contributed by atoms with E-state index in [1.807, 2.05) is 6.07 Å². The molecule has 0 saturated heterocycles. The van der Waals surface area contributed by atoms with Crippen molar-refractivity contribution in [2.24, 2.45) is 0 Å². The number of nitrogens with zero attached hydrogens (tertiary/aromatic N) is 3. The second-order valence-corrected chi connectivity index (χ2v) is 6.82. The number of ketones is 1. The largest absolute Gasteiger partial charge is 0.427 e. The van der Waals surface area contributed by atoms with Gasteiger partial charge in [0.05, 0.1) is 23.2 Å². The van der Waals surface area contributed by atoms with E-state index in [4.69, 9.17) is 4.74 Å². The summed E-state index contributed by atoms with van der Waals surface area (Å²) in [7, 11) is 0. The fraction of sp³-hybridized carbons (Fsp3) is 0.0870. The molecule has 8 nitrogen and oxygen atoms in total. The van der Waals surface area contributed by atoms with E-state index in [1.54, 1.807) is 65.2 Å². The smallest absolute Gasteiger partial charge is 0.311 e. The zero-order chi connectivity index (χ0) is 21.8. The van der Waals surface area contributed by atoms with Crippen LogP contribution in [0.5, 0.6) is 5.75 Å². The van der Waals surface area contributed by atoms with Gasteiger partial charge in [-0.05, 0) is 30.3 Å². The molecule has 0 aliphatic heterocycles. The number of pyridine rings is 1. The maximum absolute atomic E-state index is 12.1.